The average Bonchev–Trinajstić information content (AvgIpc) is 2.76. The van der Waals surface area contributed by atoms with E-state index in [0.29, 0.717) is 11.3 Å². The lowest BCUT2D eigenvalue weighted by molar-refractivity contribution is -0.122. The molecule has 1 aromatic carbocycles. The molecule has 0 spiro atoms. The maximum atomic E-state index is 13.4. The van der Waals surface area contributed by atoms with Crippen LogP contribution in [0.25, 0.3) is 0 Å². The summed E-state index contributed by atoms with van der Waals surface area (Å²) < 4.78 is 13.4. The van der Waals surface area contributed by atoms with Crippen molar-refractivity contribution in [1.82, 2.24) is 5.43 Å². The van der Waals surface area contributed by atoms with Crippen molar-refractivity contribution in [2.75, 3.05) is 0 Å². The number of hydrogen-bond acceptors (Lipinski definition) is 4. The highest BCUT2D eigenvalue weighted by Gasteiger charge is 2.40. The molecule has 1 aliphatic heterocycles. The van der Waals surface area contributed by atoms with Gasteiger partial charge in [-0.2, -0.15) is 15.6 Å². The van der Waals surface area contributed by atoms with E-state index in [9.17, 15) is 9.18 Å². The summed E-state index contributed by atoms with van der Waals surface area (Å²) in [7, 11) is 0. The fourth-order valence-electron chi connectivity index (χ4n) is 2.38. The quantitative estimate of drug-likeness (QED) is 0.906. The number of nitrogens with one attached hydrogen (secondary N) is 1. The zero-order valence-corrected chi connectivity index (χ0v) is 10.7. The Labute approximate surface area is 115 Å². The Bertz CT molecular complexity index is 642. The van der Waals surface area contributed by atoms with Gasteiger partial charge in [0, 0.05) is 11.6 Å². The minimum absolute atomic E-state index is 0.382. The van der Waals surface area contributed by atoms with E-state index in [1.165, 1.54) is 18.2 Å². The van der Waals surface area contributed by atoms with E-state index < -0.39 is 23.6 Å². The molecule has 100 valence electrons. The molecule has 2 atom stereocenters. The van der Waals surface area contributed by atoms with Crippen LogP contribution in [0.5, 0.6) is 0 Å². The Kier molecular flexibility index (Phi) is 3.76. The first kappa shape index (κ1) is 13.7. The van der Waals surface area contributed by atoms with Gasteiger partial charge < -0.3 is 0 Å². The molecular weight excluding hydrogens is 259 g/mol. The van der Waals surface area contributed by atoms with Crippen molar-refractivity contribution in [2.45, 2.75) is 12.8 Å². The SMILES string of the molecule is CC1=NNC(=O)C1C(c1cccc(F)c1)C(C#N)C#N. The molecule has 2 unspecified atom stereocenters. The van der Waals surface area contributed by atoms with Crippen molar-refractivity contribution in [3.05, 3.63) is 35.6 Å². The molecule has 20 heavy (non-hydrogen) atoms. The highest BCUT2D eigenvalue weighted by atomic mass is 19.1. The first-order valence-electron chi connectivity index (χ1n) is 5.97. The Morgan fingerprint density at radius 3 is 2.60 bits per heavy atom. The normalized spacial score (nSPS) is 18.9. The highest BCUT2D eigenvalue weighted by Crippen LogP contribution is 2.35. The summed E-state index contributed by atoms with van der Waals surface area (Å²) in [5.41, 5.74) is 3.25. The Morgan fingerprint density at radius 1 is 1.40 bits per heavy atom. The standard InChI is InChI=1S/C14H11FN4O/c1-8-12(14(20)19-18-8)13(10(6-16)7-17)9-3-2-4-11(15)5-9/h2-5,10,12-13H,1H3,(H,19,20). The van der Waals surface area contributed by atoms with E-state index in [-0.39, 0.29) is 5.91 Å². The van der Waals surface area contributed by atoms with Crippen molar-refractivity contribution in [3.8, 4) is 12.1 Å². The third kappa shape index (κ3) is 2.36. The van der Waals surface area contributed by atoms with Gasteiger partial charge in [-0.3, -0.25) is 4.79 Å². The zero-order chi connectivity index (χ0) is 14.7. The van der Waals surface area contributed by atoms with Crippen LogP contribution in [0.1, 0.15) is 18.4 Å². The van der Waals surface area contributed by atoms with E-state index in [2.05, 4.69) is 10.5 Å². The molecule has 5 nitrogen and oxygen atoms in total. The molecule has 1 aliphatic rings. The number of rotatable bonds is 3. The molecule has 0 fully saturated rings. The second-order valence-electron chi connectivity index (χ2n) is 4.52. The molecule has 1 heterocycles. The number of nitrogens with zero attached hydrogens (tertiary/aromatic N) is 3. The van der Waals surface area contributed by atoms with Gasteiger partial charge in [-0.15, -0.1) is 0 Å². The summed E-state index contributed by atoms with van der Waals surface area (Å²) >= 11 is 0. The maximum Gasteiger partial charge on any atom is 0.249 e. The molecule has 1 amide bonds. The summed E-state index contributed by atoms with van der Waals surface area (Å²) in [5, 5.41) is 22.1. The fourth-order valence-corrected chi connectivity index (χ4v) is 2.38. The summed E-state index contributed by atoms with van der Waals surface area (Å²) in [6.45, 7) is 1.64. The van der Waals surface area contributed by atoms with Gasteiger partial charge in [-0.1, -0.05) is 12.1 Å². The molecular formula is C14H11FN4O. The minimum Gasteiger partial charge on any atom is -0.272 e. The number of carbonyl (C=O) groups excluding carboxylic acids is 1. The van der Waals surface area contributed by atoms with Crippen LogP contribution in [0.3, 0.4) is 0 Å². The van der Waals surface area contributed by atoms with Gasteiger partial charge in [0.15, 0.2) is 0 Å². The van der Waals surface area contributed by atoms with E-state index in [1.807, 2.05) is 12.1 Å². The van der Waals surface area contributed by atoms with Crippen LogP contribution in [-0.4, -0.2) is 11.6 Å². The summed E-state index contributed by atoms with van der Waals surface area (Å²) in [4.78, 5) is 11.9. The first-order valence-corrected chi connectivity index (χ1v) is 5.97. The number of carbonyl (C=O) groups is 1. The van der Waals surface area contributed by atoms with E-state index >= 15 is 0 Å². The molecule has 0 saturated carbocycles. The lowest BCUT2D eigenvalue weighted by atomic mass is 9.76. The van der Waals surface area contributed by atoms with Gasteiger partial charge in [0.05, 0.1) is 18.1 Å². The fraction of sp³-hybridized carbons (Fsp3) is 0.286. The molecule has 2 rings (SSSR count). The predicted octanol–water partition coefficient (Wildman–Crippen LogP) is 1.69. The molecule has 0 radical (unpaired) electrons. The smallest absolute Gasteiger partial charge is 0.249 e. The van der Waals surface area contributed by atoms with Crippen LogP contribution in [-0.2, 0) is 4.79 Å². The minimum atomic E-state index is -1.06. The van der Waals surface area contributed by atoms with Gasteiger partial charge in [0.1, 0.15) is 11.7 Å². The molecule has 0 aliphatic carbocycles. The summed E-state index contributed by atoms with van der Waals surface area (Å²) in [5.74, 6) is -3.40. The number of hydrazone groups is 1. The lowest BCUT2D eigenvalue weighted by Crippen LogP contribution is -2.32. The molecule has 0 saturated heterocycles. The van der Waals surface area contributed by atoms with E-state index in [1.54, 1.807) is 13.0 Å². The third-order valence-corrected chi connectivity index (χ3v) is 3.30. The Hall–Kier alpha value is -2.73. The highest BCUT2D eigenvalue weighted by molar-refractivity contribution is 6.07. The van der Waals surface area contributed by atoms with Gasteiger partial charge >= 0.3 is 0 Å². The average molecular weight is 270 g/mol. The van der Waals surface area contributed by atoms with Crippen molar-refractivity contribution in [2.24, 2.45) is 16.9 Å². The zero-order valence-electron chi connectivity index (χ0n) is 10.7. The van der Waals surface area contributed by atoms with E-state index in [4.69, 9.17) is 10.5 Å². The second kappa shape index (κ2) is 5.50. The molecule has 1 N–H and O–H groups in total. The van der Waals surface area contributed by atoms with Crippen LogP contribution in [0.4, 0.5) is 4.39 Å². The molecule has 0 bridgehead atoms. The predicted molar refractivity (Wildman–Crippen MR) is 68.6 cm³/mol. The Balaban J connectivity index is 2.52. The molecule has 1 aromatic rings. The summed E-state index contributed by atoms with van der Waals surface area (Å²) in [6.07, 6.45) is 0. The van der Waals surface area contributed by atoms with E-state index in [0.717, 1.165) is 0 Å². The van der Waals surface area contributed by atoms with Crippen LogP contribution < -0.4 is 5.43 Å². The topological polar surface area (TPSA) is 89.0 Å². The second-order valence-corrected chi connectivity index (χ2v) is 4.52. The van der Waals surface area contributed by atoms with Gasteiger partial charge in [0.25, 0.3) is 0 Å². The van der Waals surface area contributed by atoms with Crippen LogP contribution in [0.2, 0.25) is 0 Å². The number of hydrogen-bond donors (Lipinski definition) is 1. The van der Waals surface area contributed by atoms with Crippen molar-refractivity contribution in [1.29, 1.82) is 10.5 Å². The number of amides is 1. The van der Waals surface area contributed by atoms with Crippen molar-refractivity contribution < 1.29 is 9.18 Å². The van der Waals surface area contributed by atoms with Crippen LogP contribution in [0, 0.1) is 40.3 Å². The summed E-state index contributed by atoms with van der Waals surface area (Å²) in [6, 6.07) is 9.34. The molecule has 6 heteroatoms. The van der Waals surface area contributed by atoms with Crippen molar-refractivity contribution in [3.63, 3.8) is 0 Å². The van der Waals surface area contributed by atoms with Crippen molar-refractivity contribution >= 4 is 11.6 Å². The number of halogens is 1. The molecule has 0 aromatic heterocycles. The van der Waals surface area contributed by atoms with Crippen LogP contribution in [0.15, 0.2) is 29.4 Å². The number of benzene rings is 1. The largest absolute Gasteiger partial charge is 0.272 e. The van der Waals surface area contributed by atoms with Gasteiger partial charge in [-0.25, -0.2) is 9.82 Å². The van der Waals surface area contributed by atoms with Crippen LogP contribution >= 0.6 is 0 Å². The maximum absolute atomic E-state index is 13.4. The monoisotopic (exact) mass is 270 g/mol. The first-order chi connectivity index (χ1) is 9.58. The third-order valence-electron chi connectivity index (χ3n) is 3.30. The number of nitriles is 2. The van der Waals surface area contributed by atoms with Gasteiger partial charge in [-0.05, 0) is 24.6 Å². The lowest BCUT2D eigenvalue weighted by Gasteiger charge is -2.23. The Morgan fingerprint density at radius 2 is 2.10 bits per heavy atom. The van der Waals surface area contributed by atoms with Gasteiger partial charge in [0.2, 0.25) is 5.91 Å².